The molecule has 3 N–H and O–H groups in total. The lowest BCUT2D eigenvalue weighted by Gasteiger charge is -2.23. The summed E-state index contributed by atoms with van der Waals surface area (Å²) in [6, 6.07) is 7.33. The summed E-state index contributed by atoms with van der Waals surface area (Å²) in [4.78, 5) is 12.2. The smallest absolute Gasteiger partial charge is 0.250 e. The highest BCUT2D eigenvalue weighted by Gasteiger charge is 2.31. The maximum absolute atomic E-state index is 12.2. The van der Waals surface area contributed by atoms with Gasteiger partial charge in [0.15, 0.2) is 0 Å². The maximum Gasteiger partial charge on any atom is 0.250 e. The number of amides is 1. The summed E-state index contributed by atoms with van der Waals surface area (Å²) in [5, 5.41) is 11.6. The Bertz CT molecular complexity index is 600. The molecule has 1 aromatic carbocycles. The lowest BCUT2D eigenvalue weighted by atomic mass is 9.92. The summed E-state index contributed by atoms with van der Waals surface area (Å²) in [6.07, 6.45) is 0. The number of rotatable bonds is 3. The molecule has 0 saturated carbocycles. The minimum absolute atomic E-state index is 0. The van der Waals surface area contributed by atoms with E-state index in [4.69, 9.17) is 5.73 Å². The first kappa shape index (κ1) is 17.0. The van der Waals surface area contributed by atoms with Gasteiger partial charge in [-0.15, -0.1) is 22.6 Å². The topological polar surface area (TPSA) is 80.9 Å². The van der Waals surface area contributed by atoms with Crippen LogP contribution in [0.2, 0.25) is 0 Å². The lowest BCUT2D eigenvalue weighted by Crippen LogP contribution is -2.45. The Hall–Kier alpha value is -1.02. The van der Waals surface area contributed by atoms with Crippen LogP contribution in [0.5, 0.6) is 0 Å². The van der Waals surface area contributed by atoms with Gasteiger partial charge in [-0.2, -0.15) is 0 Å². The summed E-state index contributed by atoms with van der Waals surface area (Å²) in [5.74, 6) is -0.314. The predicted molar refractivity (Wildman–Crippen MR) is 86.2 cm³/mol. The quantitative estimate of drug-likeness (QED) is 0.862. The van der Waals surface area contributed by atoms with Crippen molar-refractivity contribution in [2.24, 2.45) is 5.73 Å². The van der Waals surface area contributed by atoms with Crippen LogP contribution in [0, 0.1) is 6.92 Å². The van der Waals surface area contributed by atoms with E-state index in [1.807, 2.05) is 31.2 Å². The van der Waals surface area contributed by atoms with Gasteiger partial charge in [0, 0.05) is 4.47 Å². The number of hydrogen-bond donors (Lipinski definition) is 2. The van der Waals surface area contributed by atoms with Crippen molar-refractivity contribution in [2.45, 2.75) is 19.4 Å². The highest BCUT2D eigenvalue weighted by molar-refractivity contribution is 9.10. The van der Waals surface area contributed by atoms with E-state index < -0.39 is 5.54 Å². The fourth-order valence-corrected chi connectivity index (χ4v) is 2.35. The number of aromatic nitrogens is 2. The molecule has 1 unspecified atom stereocenters. The number of benzene rings is 1. The predicted octanol–water partition coefficient (Wildman–Crippen LogP) is 2.84. The molecule has 0 saturated heterocycles. The van der Waals surface area contributed by atoms with E-state index in [-0.39, 0.29) is 18.3 Å². The van der Waals surface area contributed by atoms with Crippen molar-refractivity contribution < 1.29 is 4.79 Å². The van der Waals surface area contributed by atoms with Crippen molar-refractivity contribution in [3.8, 4) is 0 Å². The van der Waals surface area contributed by atoms with E-state index in [1.54, 1.807) is 6.92 Å². The van der Waals surface area contributed by atoms with Crippen LogP contribution in [0.3, 0.4) is 0 Å². The number of carbonyl (C=O) groups is 1. The first-order chi connectivity index (χ1) is 8.89. The molecular formula is C12H14BrClN4OS. The van der Waals surface area contributed by atoms with Gasteiger partial charge in [0.2, 0.25) is 5.13 Å². The molecule has 1 aromatic heterocycles. The minimum atomic E-state index is -1.12. The summed E-state index contributed by atoms with van der Waals surface area (Å²) in [5.41, 5.74) is 5.72. The molecule has 1 amide bonds. The van der Waals surface area contributed by atoms with Crippen molar-refractivity contribution in [1.82, 2.24) is 10.2 Å². The van der Waals surface area contributed by atoms with Crippen LogP contribution in [0.1, 0.15) is 17.5 Å². The zero-order chi connectivity index (χ0) is 14.0. The molecule has 0 aliphatic heterocycles. The number of anilines is 1. The summed E-state index contributed by atoms with van der Waals surface area (Å²) in [7, 11) is 0. The van der Waals surface area contributed by atoms with Gasteiger partial charge >= 0.3 is 0 Å². The van der Waals surface area contributed by atoms with Crippen LogP contribution in [0.15, 0.2) is 28.7 Å². The summed E-state index contributed by atoms with van der Waals surface area (Å²) < 4.78 is 0.937. The normalized spacial score (nSPS) is 13.2. The number of carbonyl (C=O) groups excluding carboxylic acids is 1. The van der Waals surface area contributed by atoms with E-state index in [1.165, 1.54) is 11.3 Å². The van der Waals surface area contributed by atoms with Crippen molar-refractivity contribution in [3.63, 3.8) is 0 Å². The number of nitrogens with one attached hydrogen (secondary N) is 1. The number of hydrogen-bond acceptors (Lipinski definition) is 5. The number of halogens is 2. The van der Waals surface area contributed by atoms with Gasteiger partial charge in [-0.3, -0.25) is 10.1 Å². The molecule has 8 heteroatoms. The maximum atomic E-state index is 12.2. The molecule has 2 aromatic rings. The van der Waals surface area contributed by atoms with Gasteiger partial charge in [0.1, 0.15) is 10.5 Å². The van der Waals surface area contributed by atoms with Crippen LogP contribution in [-0.2, 0) is 10.3 Å². The molecule has 0 spiro atoms. The fraction of sp³-hybridized carbons (Fsp3) is 0.250. The molecule has 108 valence electrons. The standard InChI is InChI=1S/C12H13BrN4OS.ClH/c1-7-16-17-11(19-7)15-10(18)12(2,14)8-3-5-9(13)6-4-8;/h3-6H,14H2,1-2H3,(H,15,17,18);1H. The molecule has 0 bridgehead atoms. The molecule has 20 heavy (non-hydrogen) atoms. The highest BCUT2D eigenvalue weighted by Crippen LogP contribution is 2.23. The van der Waals surface area contributed by atoms with Gasteiger partial charge < -0.3 is 5.73 Å². The van der Waals surface area contributed by atoms with Crippen LogP contribution in [0.25, 0.3) is 0 Å². The van der Waals surface area contributed by atoms with Gasteiger partial charge in [-0.25, -0.2) is 0 Å². The van der Waals surface area contributed by atoms with E-state index in [0.29, 0.717) is 5.13 Å². The fourth-order valence-electron chi connectivity index (χ4n) is 1.50. The van der Waals surface area contributed by atoms with E-state index in [0.717, 1.165) is 15.0 Å². The third-order valence-electron chi connectivity index (χ3n) is 2.66. The molecule has 0 aliphatic carbocycles. The van der Waals surface area contributed by atoms with Crippen LogP contribution in [0.4, 0.5) is 5.13 Å². The Balaban J connectivity index is 0.00000200. The number of aryl methyl sites for hydroxylation is 1. The molecular weight excluding hydrogens is 364 g/mol. The second-order valence-electron chi connectivity index (χ2n) is 4.29. The second kappa shape index (κ2) is 6.62. The minimum Gasteiger partial charge on any atom is -0.314 e. The van der Waals surface area contributed by atoms with Crippen molar-refractivity contribution in [3.05, 3.63) is 39.3 Å². The highest BCUT2D eigenvalue weighted by atomic mass is 79.9. The third kappa shape index (κ3) is 3.76. The van der Waals surface area contributed by atoms with Crippen molar-refractivity contribution in [1.29, 1.82) is 0 Å². The zero-order valence-electron chi connectivity index (χ0n) is 10.9. The summed E-state index contributed by atoms with van der Waals surface area (Å²) >= 11 is 4.66. The molecule has 1 atom stereocenters. The number of nitrogens with zero attached hydrogens (tertiary/aromatic N) is 2. The average Bonchev–Trinajstić information content (AvgIpc) is 2.75. The SMILES string of the molecule is Cc1nnc(NC(=O)C(C)(N)c2ccc(Br)cc2)s1.Cl. The Labute approximate surface area is 135 Å². The van der Waals surface area contributed by atoms with Gasteiger partial charge in [0.05, 0.1) is 0 Å². The van der Waals surface area contributed by atoms with Crippen LogP contribution < -0.4 is 11.1 Å². The molecule has 1 heterocycles. The molecule has 0 aliphatic rings. The van der Waals surface area contributed by atoms with E-state index in [2.05, 4.69) is 31.4 Å². The zero-order valence-corrected chi connectivity index (χ0v) is 14.1. The molecule has 0 radical (unpaired) electrons. The van der Waals surface area contributed by atoms with Gasteiger partial charge in [0.25, 0.3) is 5.91 Å². The Morgan fingerprint density at radius 2 is 1.95 bits per heavy atom. The first-order valence-corrected chi connectivity index (χ1v) is 7.17. The largest absolute Gasteiger partial charge is 0.314 e. The molecule has 2 rings (SSSR count). The Morgan fingerprint density at radius 3 is 2.45 bits per heavy atom. The van der Waals surface area contributed by atoms with E-state index >= 15 is 0 Å². The molecule has 0 fully saturated rings. The van der Waals surface area contributed by atoms with Crippen molar-refractivity contribution in [2.75, 3.05) is 5.32 Å². The van der Waals surface area contributed by atoms with Crippen molar-refractivity contribution >= 4 is 50.7 Å². The Morgan fingerprint density at radius 1 is 1.35 bits per heavy atom. The summed E-state index contributed by atoms with van der Waals surface area (Å²) in [6.45, 7) is 3.49. The first-order valence-electron chi connectivity index (χ1n) is 5.56. The monoisotopic (exact) mass is 376 g/mol. The van der Waals surface area contributed by atoms with Gasteiger partial charge in [-0.05, 0) is 31.5 Å². The number of nitrogens with two attached hydrogens (primary N) is 1. The third-order valence-corrected chi connectivity index (χ3v) is 3.94. The van der Waals surface area contributed by atoms with E-state index in [9.17, 15) is 4.79 Å². The van der Waals surface area contributed by atoms with Crippen LogP contribution >= 0.6 is 39.7 Å². The lowest BCUT2D eigenvalue weighted by molar-refractivity contribution is -0.120. The average molecular weight is 378 g/mol. The van der Waals surface area contributed by atoms with Gasteiger partial charge in [-0.1, -0.05) is 39.4 Å². The molecule has 5 nitrogen and oxygen atoms in total. The van der Waals surface area contributed by atoms with Crippen LogP contribution in [-0.4, -0.2) is 16.1 Å². The second-order valence-corrected chi connectivity index (χ2v) is 6.39. The Kier molecular flexibility index (Phi) is 5.64.